The number of anilines is 1. The molecule has 2 amide bonds. The molecule has 0 saturated carbocycles. The first kappa shape index (κ1) is 23.0. The summed E-state index contributed by atoms with van der Waals surface area (Å²) in [4.78, 5) is 24.7. The molecule has 2 N–H and O–H groups in total. The molecule has 0 aliphatic heterocycles. The number of esters is 1. The van der Waals surface area contributed by atoms with Gasteiger partial charge in [0.05, 0.1) is 17.9 Å². The molecule has 0 spiro atoms. The molecule has 30 heavy (non-hydrogen) atoms. The van der Waals surface area contributed by atoms with Gasteiger partial charge >= 0.3 is 24.4 Å². The minimum atomic E-state index is -5.37. The molecule has 162 valence electrons. The van der Waals surface area contributed by atoms with Crippen LogP contribution in [0.4, 0.5) is 36.8 Å². The fraction of sp³-hybridized carbons (Fsp3) is 0.263. The number of nitrogens with one attached hydrogen (secondary N) is 2. The first-order valence-corrected chi connectivity index (χ1v) is 8.48. The van der Waals surface area contributed by atoms with Crippen molar-refractivity contribution in [3.05, 3.63) is 65.7 Å². The van der Waals surface area contributed by atoms with E-state index >= 15 is 0 Å². The first-order chi connectivity index (χ1) is 13.9. The third-order valence-corrected chi connectivity index (χ3v) is 4.00. The van der Waals surface area contributed by atoms with Crippen LogP contribution in [0.3, 0.4) is 0 Å². The maximum absolute atomic E-state index is 14.1. The van der Waals surface area contributed by atoms with Crippen LogP contribution in [-0.2, 0) is 21.2 Å². The molecule has 2 aromatic carbocycles. The maximum atomic E-state index is 14.1. The van der Waals surface area contributed by atoms with E-state index in [0.29, 0.717) is 6.07 Å². The average Bonchev–Trinajstić information content (AvgIpc) is 2.65. The van der Waals surface area contributed by atoms with Crippen LogP contribution in [0.25, 0.3) is 0 Å². The lowest BCUT2D eigenvalue weighted by Crippen LogP contribution is -2.62. The van der Waals surface area contributed by atoms with Crippen molar-refractivity contribution in [2.45, 2.75) is 24.8 Å². The second kappa shape index (κ2) is 8.64. The van der Waals surface area contributed by atoms with Crippen LogP contribution in [0.15, 0.2) is 54.6 Å². The highest BCUT2D eigenvalue weighted by Crippen LogP contribution is 2.41. The number of rotatable bonds is 5. The number of benzene rings is 2. The standard InChI is InChI=1S/C19H16F6N2O3/c1-2-30-15(28)17(19(23,24)25,12-8-4-3-5-9-12)27-16(29)26-14-11-7-6-10-13(14)18(20,21)22/h3-11H,2H2,1H3,(H2,26,27,29)/t17-/m0/s1. The van der Waals surface area contributed by atoms with Crippen molar-refractivity contribution in [2.75, 3.05) is 11.9 Å². The van der Waals surface area contributed by atoms with E-state index < -0.39 is 53.3 Å². The van der Waals surface area contributed by atoms with Gasteiger partial charge in [0.2, 0.25) is 0 Å². The van der Waals surface area contributed by atoms with Gasteiger partial charge < -0.3 is 15.4 Å². The Balaban J connectivity index is 2.50. The molecule has 0 aliphatic rings. The van der Waals surface area contributed by atoms with E-state index in [1.807, 2.05) is 0 Å². The normalized spacial score (nSPS) is 13.8. The Morgan fingerprint density at radius 2 is 1.47 bits per heavy atom. The van der Waals surface area contributed by atoms with E-state index in [0.717, 1.165) is 30.3 Å². The Labute approximate surface area is 167 Å². The number of ether oxygens (including phenoxy) is 1. The molecule has 1 atom stereocenters. The summed E-state index contributed by atoms with van der Waals surface area (Å²) in [5, 5.41) is 3.21. The topological polar surface area (TPSA) is 67.4 Å². The number of carbonyl (C=O) groups is 2. The number of hydrogen-bond acceptors (Lipinski definition) is 3. The van der Waals surface area contributed by atoms with Gasteiger partial charge in [-0.1, -0.05) is 42.5 Å². The van der Waals surface area contributed by atoms with Gasteiger partial charge in [0.1, 0.15) is 0 Å². The monoisotopic (exact) mass is 434 g/mol. The Bertz CT molecular complexity index is 899. The van der Waals surface area contributed by atoms with E-state index in [9.17, 15) is 35.9 Å². The fourth-order valence-electron chi connectivity index (χ4n) is 2.68. The van der Waals surface area contributed by atoms with Gasteiger partial charge in [0.15, 0.2) is 0 Å². The van der Waals surface area contributed by atoms with E-state index in [-0.39, 0.29) is 0 Å². The molecule has 0 aromatic heterocycles. The molecule has 0 radical (unpaired) electrons. The summed E-state index contributed by atoms with van der Waals surface area (Å²) in [6.07, 6.45) is -10.2. The van der Waals surface area contributed by atoms with E-state index in [1.54, 1.807) is 5.32 Å². The van der Waals surface area contributed by atoms with Crippen LogP contribution in [0, 0.1) is 0 Å². The summed E-state index contributed by atoms with van der Waals surface area (Å²) in [5.74, 6) is -1.83. The Morgan fingerprint density at radius 1 is 0.900 bits per heavy atom. The van der Waals surface area contributed by atoms with Gasteiger partial charge in [-0.2, -0.15) is 26.3 Å². The van der Waals surface area contributed by atoms with Crippen LogP contribution < -0.4 is 10.6 Å². The van der Waals surface area contributed by atoms with E-state index in [4.69, 9.17) is 0 Å². The van der Waals surface area contributed by atoms with Crippen LogP contribution in [0.2, 0.25) is 0 Å². The summed E-state index contributed by atoms with van der Waals surface area (Å²) < 4.78 is 86.1. The fourth-order valence-corrected chi connectivity index (χ4v) is 2.68. The minimum absolute atomic E-state index is 0.427. The van der Waals surface area contributed by atoms with Crippen LogP contribution in [-0.4, -0.2) is 24.8 Å². The lowest BCUT2D eigenvalue weighted by Gasteiger charge is -2.34. The first-order valence-electron chi connectivity index (χ1n) is 8.48. The minimum Gasteiger partial charge on any atom is -0.464 e. The zero-order chi connectivity index (χ0) is 22.6. The van der Waals surface area contributed by atoms with Crippen molar-refractivity contribution in [2.24, 2.45) is 0 Å². The molecular weight excluding hydrogens is 418 g/mol. The van der Waals surface area contributed by atoms with Crippen LogP contribution in [0.1, 0.15) is 18.1 Å². The molecule has 2 rings (SSSR count). The molecule has 5 nitrogen and oxygen atoms in total. The average molecular weight is 434 g/mol. The number of alkyl halides is 6. The van der Waals surface area contributed by atoms with E-state index in [1.165, 1.54) is 30.4 Å². The van der Waals surface area contributed by atoms with Crippen molar-refractivity contribution in [1.82, 2.24) is 5.32 Å². The van der Waals surface area contributed by atoms with Gasteiger partial charge in [-0.3, -0.25) is 0 Å². The Morgan fingerprint density at radius 3 is 2.00 bits per heavy atom. The summed E-state index contributed by atoms with van der Waals surface area (Å²) in [6, 6.07) is 7.71. The smallest absolute Gasteiger partial charge is 0.426 e. The quantitative estimate of drug-likeness (QED) is 0.523. The summed E-state index contributed by atoms with van der Waals surface area (Å²) in [6.45, 7) is 0.841. The van der Waals surface area contributed by atoms with Crippen molar-refractivity contribution >= 4 is 17.7 Å². The van der Waals surface area contributed by atoms with Gasteiger partial charge in [-0.05, 0) is 24.6 Å². The second-order valence-corrected chi connectivity index (χ2v) is 5.96. The third-order valence-electron chi connectivity index (χ3n) is 4.00. The number of hydrogen-bond donors (Lipinski definition) is 2. The zero-order valence-electron chi connectivity index (χ0n) is 15.4. The Hall–Kier alpha value is -3.24. The highest BCUT2D eigenvalue weighted by atomic mass is 19.4. The number of urea groups is 1. The van der Waals surface area contributed by atoms with Gasteiger partial charge in [0.25, 0.3) is 5.54 Å². The molecule has 2 aromatic rings. The predicted octanol–water partition coefficient (Wildman–Crippen LogP) is 4.85. The summed E-state index contributed by atoms with van der Waals surface area (Å²) in [5.41, 5.74) is -6.36. The van der Waals surface area contributed by atoms with Crippen molar-refractivity contribution < 1.29 is 40.7 Å². The summed E-state index contributed by atoms with van der Waals surface area (Å²) in [7, 11) is 0. The second-order valence-electron chi connectivity index (χ2n) is 5.96. The molecule has 0 unspecified atom stereocenters. The maximum Gasteiger partial charge on any atom is 0.426 e. The van der Waals surface area contributed by atoms with Crippen molar-refractivity contribution in [1.29, 1.82) is 0 Å². The lowest BCUT2D eigenvalue weighted by atomic mass is 9.89. The number of halogens is 6. The number of para-hydroxylation sites is 1. The van der Waals surface area contributed by atoms with Crippen molar-refractivity contribution in [3.63, 3.8) is 0 Å². The van der Waals surface area contributed by atoms with E-state index in [2.05, 4.69) is 4.74 Å². The molecule has 0 heterocycles. The zero-order valence-corrected chi connectivity index (χ0v) is 15.4. The van der Waals surface area contributed by atoms with Gasteiger partial charge in [-0.15, -0.1) is 0 Å². The number of carbonyl (C=O) groups excluding carboxylic acids is 2. The van der Waals surface area contributed by atoms with Crippen LogP contribution >= 0.6 is 0 Å². The molecule has 0 aliphatic carbocycles. The third kappa shape index (κ3) is 4.66. The summed E-state index contributed by atoms with van der Waals surface area (Å²) >= 11 is 0. The predicted molar refractivity (Wildman–Crippen MR) is 94.4 cm³/mol. The Kier molecular flexibility index (Phi) is 6.63. The van der Waals surface area contributed by atoms with Crippen molar-refractivity contribution in [3.8, 4) is 0 Å². The van der Waals surface area contributed by atoms with Gasteiger partial charge in [0, 0.05) is 0 Å². The largest absolute Gasteiger partial charge is 0.464 e. The molecule has 0 bridgehead atoms. The molecular formula is C19H16F6N2O3. The molecule has 11 heteroatoms. The lowest BCUT2D eigenvalue weighted by molar-refractivity contribution is -0.213. The highest BCUT2D eigenvalue weighted by Gasteiger charge is 2.64. The number of amides is 2. The van der Waals surface area contributed by atoms with Gasteiger partial charge in [-0.25, -0.2) is 9.59 Å². The SMILES string of the molecule is CCOC(=O)[C@@](NC(=O)Nc1ccccc1C(F)(F)F)(c1ccccc1)C(F)(F)F. The van der Waals surface area contributed by atoms with Crippen LogP contribution in [0.5, 0.6) is 0 Å². The highest BCUT2D eigenvalue weighted by molar-refractivity contribution is 5.96. The molecule has 0 fully saturated rings. The molecule has 0 saturated heterocycles.